The fraction of sp³-hybridized carbons (Fsp3) is 0.409. The van der Waals surface area contributed by atoms with Gasteiger partial charge in [-0.1, -0.05) is 44.2 Å². The quantitative estimate of drug-likeness (QED) is 0.602. The third-order valence-electron chi connectivity index (χ3n) is 5.52. The number of rotatable bonds is 4. The Labute approximate surface area is 161 Å². The molecule has 2 aromatic rings. The Kier molecular flexibility index (Phi) is 5.39. The molecule has 0 bridgehead atoms. The first-order valence-corrected chi connectivity index (χ1v) is 10.9. The van der Waals surface area contributed by atoms with Crippen LogP contribution in [0, 0.1) is 23.7 Å². The van der Waals surface area contributed by atoms with Gasteiger partial charge in [-0.15, -0.1) is 0 Å². The van der Waals surface area contributed by atoms with Crippen molar-refractivity contribution in [2.75, 3.05) is 5.75 Å². The average molecular weight is 386 g/mol. The lowest BCUT2D eigenvalue weighted by Gasteiger charge is -2.34. The van der Waals surface area contributed by atoms with Crippen molar-refractivity contribution in [1.82, 2.24) is 0 Å². The van der Waals surface area contributed by atoms with Crippen molar-refractivity contribution >= 4 is 15.5 Å². The number of hydrogen-bond acceptors (Lipinski definition) is 2. The van der Waals surface area contributed by atoms with Gasteiger partial charge in [0.25, 0.3) is 0 Å². The molecule has 1 aliphatic carbocycles. The maximum atomic E-state index is 14.6. The minimum atomic E-state index is -3.51. The fourth-order valence-corrected chi connectivity index (χ4v) is 5.38. The topological polar surface area (TPSA) is 38.5 Å². The highest BCUT2D eigenvalue weighted by Gasteiger charge is 2.30. The van der Waals surface area contributed by atoms with Crippen LogP contribution < -0.4 is 0 Å². The molecule has 0 saturated heterocycles. The molecule has 27 heavy (non-hydrogen) atoms. The molecular weight excluding hydrogens is 361 g/mol. The lowest BCUT2D eigenvalue weighted by atomic mass is 9.74. The van der Waals surface area contributed by atoms with Crippen molar-refractivity contribution in [3.8, 4) is 11.1 Å². The normalized spacial score (nSPS) is 17.4. The van der Waals surface area contributed by atoms with E-state index in [2.05, 4.69) is 18.7 Å². The van der Waals surface area contributed by atoms with E-state index in [1.54, 1.807) is 24.3 Å². The summed E-state index contributed by atoms with van der Waals surface area (Å²) in [5, 5.41) is 0. The highest BCUT2D eigenvalue weighted by atomic mass is 32.2. The summed E-state index contributed by atoms with van der Waals surface area (Å²) in [4.78, 5) is 3.36. The Morgan fingerprint density at radius 1 is 1.11 bits per heavy atom. The number of hydrogen-bond donors (Lipinski definition) is 0. The zero-order valence-corrected chi connectivity index (χ0v) is 16.5. The second-order valence-corrected chi connectivity index (χ2v) is 10.2. The third-order valence-corrected chi connectivity index (χ3v) is 7.40. The molecule has 0 heterocycles. The summed E-state index contributed by atoms with van der Waals surface area (Å²) in [6, 6.07) is 10.7. The van der Waals surface area contributed by atoms with Gasteiger partial charge in [0.05, 0.1) is 17.2 Å². The van der Waals surface area contributed by atoms with E-state index in [9.17, 15) is 12.8 Å². The van der Waals surface area contributed by atoms with Gasteiger partial charge in [-0.25, -0.2) is 17.7 Å². The van der Waals surface area contributed by atoms with Crippen LogP contribution >= 0.6 is 0 Å². The van der Waals surface area contributed by atoms with E-state index in [1.165, 1.54) is 12.1 Å². The van der Waals surface area contributed by atoms with Gasteiger partial charge in [0, 0.05) is 5.56 Å². The maximum absolute atomic E-state index is 14.6. The van der Waals surface area contributed by atoms with Crippen LogP contribution in [0.4, 0.5) is 10.1 Å². The summed E-state index contributed by atoms with van der Waals surface area (Å²) >= 11 is 0. The number of nitrogens with zero attached hydrogens (tertiary/aromatic N) is 1. The molecule has 142 valence electrons. The van der Waals surface area contributed by atoms with Gasteiger partial charge in [-0.05, 0) is 54.7 Å². The van der Waals surface area contributed by atoms with Crippen molar-refractivity contribution in [3.05, 3.63) is 59.7 Å². The van der Waals surface area contributed by atoms with Gasteiger partial charge in [0.1, 0.15) is 5.82 Å². The van der Waals surface area contributed by atoms with E-state index >= 15 is 0 Å². The summed E-state index contributed by atoms with van der Waals surface area (Å²) in [5.41, 5.74) is 1.73. The van der Waals surface area contributed by atoms with Gasteiger partial charge >= 0.3 is 0 Å². The zero-order valence-electron chi connectivity index (χ0n) is 15.7. The highest BCUT2D eigenvalue weighted by Crippen LogP contribution is 2.39. The smallest absolute Gasteiger partial charge is 0.187 e. The predicted molar refractivity (Wildman–Crippen MR) is 106 cm³/mol. The van der Waals surface area contributed by atoms with Crippen LogP contribution in [0.1, 0.15) is 39.5 Å². The van der Waals surface area contributed by atoms with Crippen LogP contribution in [-0.2, 0) is 9.84 Å². The molecule has 1 saturated carbocycles. The van der Waals surface area contributed by atoms with E-state index in [-0.39, 0.29) is 22.0 Å². The summed E-state index contributed by atoms with van der Waals surface area (Å²) in [6.07, 6.45) is 3.86. The second kappa shape index (κ2) is 7.44. The van der Waals surface area contributed by atoms with Crippen LogP contribution in [-0.4, -0.2) is 14.2 Å². The summed E-state index contributed by atoms with van der Waals surface area (Å²) in [6.45, 7) is 11.4. The molecule has 0 N–H and O–H groups in total. The van der Waals surface area contributed by atoms with Gasteiger partial charge in [0.2, 0.25) is 0 Å². The first-order valence-electron chi connectivity index (χ1n) is 9.20. The van der Waals surface area contributed by atoms with E-state index in [1.807, 2.05) is 0 Å². The first kappa shape index (κ1) is 19.6. The molecule has 0 radical (unpaired) electrons. The number of benzene rings is 2. The van der Waals surface area contributed by atoms with Gasteiger partial charge < -0.3 is 0 Å². The molecule has 0 aliphatic heterocycles. The molecule has 3 nitrogen and oxygen atoms in total. The van der Waals surface area contributed by atoms with Crippen molar-refractivity contribution in [2.45, 2.75) is 44.4 Å². The monoisotopic (exact) mass is 385 g/mol. The van der Waals surface area contributed by atoms with E-state index < -0.39 is 15.7 Å². The molecule has 1 aliphatic rings. The van der Waals surface area contributed by atoms with E-state index in [0.717, 1.165) is 31.7 Å². The molecule has 5 heteroatoms. The minimum Gasteiger partial charge on any atom is -0.238 e. The largest absolute Gasteiger partial charge is 0.238 e. The highest BCUT2D eigenvalue weighted by molar-refractivity contribution is 7.91. The average Bonchev–Trinajstić information content (AvgIpc) is 2.63. The summed E-state index contributed by atoms with van der Waals surface area (Å²) < 4.78 is 40.1. The first-order chi connectivity index (χ1) is 12.7. The Morgan fingerprint density at radius 2 is 1.74 bits per heavy atom. The standard InChI is InChI=1S/C22H24FNO2S/c1-22(2)12-10-16(11-13-22)15-27(25,26)19-8-9-20(21(23)14-19)17-4-6-18(24-3)7-5-17/h4-9,14,16H,10-13,15H2,1-2H3. The van der Waals surface area contributed by atoms with Crippen molar-refractivity contribution in [2.24, 2.45) is 11.3 Å². The van der Waals surface area contributed by atoms with Crippen LogP contribution in [0.2, 0.25) is 0 Å². The zero-order chi connectivity index (χ0) is 19.7. The van der Waals surface area contributed by atoms with Gasteiger partial charge in [0.15, 0.2) is 15.5 Å². The van der Waals surface area contributed by atoms with Gasteiger partial charge in [-0.3, -0.25) is 0 Å². The molecular formula is C22H24FNO2S. The Hall–Kier alpha value is -2.19. The molecule has 0 atom stereocenters. The predicted octanol–water partition coefficient (Wildman–Crippen LogP) is 6.03. The fourth-order valence-electron chi connectivity index (χ4n) is 3.67. The van der Waals surface area contributed by atoms with Crippen LogP contribution in [0.5, 0.6) is 0 Å². The molecule has 0 amide bonds. The van der Waals surface area contributed by atoms with Crippen molar-refractivity contribution in [3.63, 3.8) is 0 Å². The molecule has 1 fully saturated rings. The Morgan fingerprint density at radius 3 is 2.30 bits per heavy atom. The van der Waals surface area contributed by atoms with Crippen LogP contribution in [0.25, 0.3) is 16.0 Å². The Balaban J connectivity index is 1.78. The van der Waals surface area contributed by atoms with Gasteiger partial charge in [-0.2, -0.15) is 0 Å². The van der Waals surface area contributed by atoms with E-state index in [0.29, 0.717) is 16.8 Å². The van der Waals surface area contributed by atoms with Crippen molar-refractivity contribution in [1.29, 1.82) is 0 Å². The molecule has 2 aromatic carbocycles. The van der Waals surface area contributed by atoms with E-state index in [4.69, 9.17) is 6.57 Å². The lowest BCUT2D eigenvalue weighted by Crippen LogP contribution is -2.26. The van der Waals surface area contributed by atoms with Crippen LogP contribution in [0.3, 0.4) is 0 Å². The maximum Gasteiger partial charge on any atom is 0.187 e. The van der Waals surface area contributed by atoms with Crippen LogP contribution in [0.15, 0.2) is 47.4 Å². The number of halogens is 1. The summed E-state index contributed by atoms with van der Waals surface area (Å²) in [7, 11) is -3.51. The number of sulfone groups is 1. The second-order valence-electron chi connectivity index (χ2n) is 8.19. The molecule has 0 spiro atoms. The SMILES string of the molecule is [C-]#[N+]c1ccc(-c2ccc(S(=O)(=O)CC3CCC(C)(C)CC3)cc2F)cc1. The molecule has 3 rings (SSSR count). The summed E-state index contributed by atoms with van der Waals surface area (Å²) in [5.74, 6) is -0.329. The molecule has 0 unspecified atom stereocenters. The van der Waals surface area contributed by atoms with Crippen molar-refractivity contribution < 1.29 is 12.8 Å². The Bertz CT molecular complexity index is 962. The third kappa shape index (κ3) is 4.56. The minimum absolute atomic E-state index is 0.0476. The lowest BCUT2D eigenvalue weighted by molar-refractivity contribution is 0.202. The molecule has 0 aromatic heterocycles.